The number of halogens is 2. The summed E-state index contributed by atoms with van der Waals surface area (Å²) in [6.45, 7) is 2.90. The quantitative estimate of drug-likeness (QED) is 0.897. The van der Waals surface area contributed by atoms with Gasteiger partial charge in [0.1, 0.15) is 0 Å². The van der Waals surface area contributed by atoms with Gasteiger partial charge in [-0.25, -0.2) is 0 Å². The standard InChI is InChI=1S/C15H24N2O2.2ClH/c1-18-14-7-6-12(10-15(14)19-2)13(11-16)17-8-4-3-5-9-17;;/h6-7,10,13H,3-5,8-9,11,16H2,1-2H3;2*1H. The summed E-state index contributed by atoms with van der Waals surface area (Å²) in [6.07, 6.45) is 3.87. The molecular weight excluding hydrogens is 311 g/mol. The Hall–Kier alpha value is -0.680. The zero-order valence-electron chi connectivity index (χ0n) is 12.7. The summed E-state index contributed by atoms with van der Waals surface area (Å²) in [5.41, 5.74) is 7.19. The number of rotatable bonds is 5. The second-order valence-corrected chi connectivity index (χ2v) is 4.96. The number of ether oxygens (including phenoxy) is 2. The van der Waals surface area contributed by atoms with Gasteiger partial charge in [0.15, 0.2) is 11.5 Å². The van der Waals surface area contributed by atoms with Gasteiger partial charge in [-0.2, -0.15) is 0 Å². The average Bonchev–Trinajstić information content (AvgIpc) is 2.49. The molecule has 1 aliphatic rings. The summed E-state index contributed by atoms with van der Waals surface area (Å²) < 4.78 is 10.7. The number of benzene rings is 1. The van der Waals surface area contributed by atoms with Gasteiger partial charge in [-0.05, 0) is 43.6 Å². The molecule has 0 spiro atoms. The maximum Gasteiger partial charge on any atom is 0.161 e. The highest BCUT2D eigenvalue weighted by Gasteiger charge is 2.22. The second-order valence-electron chi connectivity index (χ2n) is 4.96. The third-order valence-corrected chi connectivity index (χ3v) is 3.85. The van der Waals surface area contributed by atoms with Gasteiger partial charge in [-0.3, -0.25) is 4.90 Å². The number of nitrogens with zero attached hydrogens (tertiary/aromatic N) is 1. The predicted octanol–water partition coefficient (Wildman–Crippen LogP) is 3.03. The maximum absolute atomic E-state index is 5.98. The van der Waals surface area contributed by atoms with Crippen LogP contribution in [0.3, 0.4) is 0 Å². The summed E-state index contributed by atoms with van der Waals surface area (Å²) >= 11 is 0. The normalized spacial score (nSPS) is 16.3. The molecule has 1 saturated heterocycles. The van der Waals surface area contributed by atoms with Crippen LogP contribution in [0.5, 0.6) is 11.5 Å². The molecule has 1 atom stereocenters. The van der Waals surface area contributed by atoms with E-state index >= 15 is 0 Å². The van der Waals surface area contributed by atoms with Crippen molar-refractivity contribution in [3.8, 4) is 11.5 Å². The van der Waals surface area contributed by atoms with Gasteiger partial charge in [-0.15, -0.1) is 24.8 Å². The number of piperidine rings is 1. The molecular formula is C15H26Cl2N2O2. The molecule has 1 aromatic carbocycles. The van der Waals surface area contributed by atoms with Crippen molar-refractivity contribution in [2.75, 3.05) is 33.9 Å². The fourth-order valence-electron chi connectivity index (χ4n) is 2.79. The summed E-state index contributed by atoms with van der Waals surface area (Å²) in [7, 11) is 3.32. The van der Waals surface area contributed by atoms with E-state index in [0.29, 0.717) is 6.54 Å². The molecule has 1 unspecified atom stereocenters. The first-order valence-corrected chi connectivity index (χ1v) is 6.96. The van der Waals surface area contributed by atoms with Crippen LogP contribution in [0.15, 0.2) is 18.2 Å². The fourth-order valence-corrected chi connectivity index (χ4v) is 2.79. The highest BCUT2D eigenvalue weighted by Crippen LogP contribution is 2.32. The highest BCUT2D eigenvalue weighted by atomic mass is 35.5. The number of nitrogens with two attached hydrogens (primary N) is 1. The molecule has 2 rings (SSSR count). The Morgan fingerprint density at radius 1 is 1.05 bits per heavy atom. The molecule has 1 aromatic rings. The minimum Gasteiger partial charge on any atom is -0.493 e. The molecule has 6 heteroatoms. The topological polar surface area (TPSA) is 47.7 Å². The van der Waals surface area contributed by atoms with Gasteiger partial charge in [-0.1, -0.05) is 12.5 Å². The summed E-state index contributed by atoms with van der Waals surface area (Å²) in [5.74, 6) is 1.54. The Bertz CT molecular complexity index is 413. The Labute approximate surface area is 139 Å². The summed E-state index contributed by atoms with van der Waals surface area (Å²) in [6, 6.07) is 6.37. The monoisotopic (exact) mass is 336 g/mol. The zero-order chi connectivity index (χ0) is 13.7. The molecule has 0 bridgehead atoms. The number of hydrogen-bond acceptors (Lipinski definition) is 4. The minimum atomic E-state index is 0. The molecule has 1 aliphatic heterocycles. The fraction of sp³-hybridized carbons (Fsp3) is 0.600. The van der Waals surface area contributed by atoms with Crippen molar-refractivity contribution in [2.45, 2.75) is 25.3 Å². The Morgan fingerprint density at radius 2 is 1.67 bits per heavy atom. The van der Waals surface area contributed by atoms with E-state index in [-0.39, 0.29) is 30.9 Å². The van der Waals surface area contributed by atoms with E-state index in [1.807, 2.05) is 12.1 Å². The van der Waals surface area contributed by atoms with Crippen molar-refractivity contribution in [3.05, 3.63) is 23.8 Å². The molecule has 122 valence electrons. The van der Waals surface area contributed by atoms with E-state index < -0.39 is 0 Å². The van der Waals surface area contributed by atoms with Crippen molar-refractivity contribution in [2.24, 2.45) is 5.73 Å². The molecule has 21 heavy (non-hydrogen) atoms. The summed E-state index contributed by atoms with van der Waals surface area (Å²) in [5, 5.41) is 0. The van der Waals surface area contributed by atoms with Crippen LogP contribution in [0.2, 0.25) is 0 Å². The Morgan fingerprint density at radius 3 is 2.19 bits per heavy atom. The van der Waals surface area contributed by atoms with Crippen LogP contribution in [0.1, 0.15) is 30.9 Å². The van der Waals surface area contributed by atoms with E-state index in [9.17, 15) is 0 Å². The molecule has 1 heterocycles. The first kappa shape index (κ1) is 20.3. The van der Waals surface area contributed by atoms with Crippen LogP contribution in [0.4, 0.5) is 0 Å². The second kappa shape index (κ2) is 10.1. The molecule has 2 N–H and O–H groups in total. The van der Waals surface area contributed by atoms with Crippen LogP contribution in [0, 0.1) is 0 Å². The lowest BCUT2D eigenvalue weighted by Gasteiger charge is -2.34. The lowest BCUT2D eigenvalue weighted by molar-refractivity contribution is 0.167. The van der Waals surface area contributed by atoms with E-state index in [1.54, 1.807) is 14.2 Å². The molecule has 0 saturated carbocycles. The van der Waals surface area contributed by atoms with Gasteiger partial charge in [0, 0.05) is 12.6 Å². The van der Waals surface area contributed by atoms with Crippen LogP contribution in [0.25, 0.3) is 0 Å². The third kappa shape index (κ3) is 4.92. The SMILES string of the molecule is COc1ccc(C(CN)N2CCCCC2)cc1OC.Cl.Cl. The number of hydrogen-bond donors (Lipinski definition) is 1. The third-order valence-electron chi connectivity index (χ3n) is 3.85. The largest absolute Gasteiger partial charge is 0.493 e. The molecule has 0 amide bonds. The molecule has 0 radical (unpaired) electrons. The van der Waals surface area contributed by atoms with Crippen molar-refractivity contribution in [1.29, 1.82) is 0 Å². The highest BCUT2D eigenvalue weighted by molar-refractivity contribution is 5.85. The molecule has 1 fully saturated rings. The van der Waals surface area contributed by atoms with Gasteiger partial charge in [0.05, 0.1) is 14.2 Å². The van der Waals surface area contributed by atoms with E-state index in [2.05, 4.69) is 11.0 Å². The van der Waals surface area contributed by atoms with Crippen LogP contribution in [-0.4, -0.2) is 38.8 Å². The zero-order valence-corrected chi connectivity index (χ0v) is 14.3. The van der Waals surface area contributed by atoms with E-state index in [1.165, 1.54) is 24.8 Å². The first-order chi connectivity index (χ1) is 9.30. The van der Waals surface area contributed by atoms with Gasteiger partial charge in [0.2, 0.25) is 0 Å². The van der Waals surface area contributed by atoms with E-state index in [4.69, 9.17) is 15.2 Å². The van der Waals surface area contributed by atoms with Crippen LogP contribution in [-0.2, 0) is 0 Å². The minimum absolute atomic E-state index is 0. The van der Waals surface area contributed by atoms with Crippen LogP contribution < -0.4 is 15.2 Å². The first-order valence-electron chi connectivity index (χ1n) is 6.96. The predicted molar refractivity (Wildman–Crippen MR) is 91.3 cm³/mol. The molecule has 0 aliphatic carbocycles. The number of methoxy groups -OCH3 is 2. The van der Waals surface area contributed by atoms with Crippen LogP contribution >= 0.6 is 24.8 Å². The Balaban J connectivity index is 0.00000200. The molecule has 4 nitrogen and oxygen atoms in total. The lowest BCUT2D eigenvalue weighted by atomic mass is 10.0. The van der Waals surface area contributed by atoms with Crippen molar-refractivity contribution < 1.29 is 9.47 Å². The average molecular weight is 337 g/mol. The molecule has 0 aromatic heterocycles. The summed E-state index contributed by atoms with van der Waals surface area (Å²) in [4.78, 5) is 2.48. The Kier molecular flexibility index (Phi) is 9.79. The maximum atomic E-state index is 5.98. The smallest absolute Gasteiger partial charge is 0.161 e. The van der Waals surface area contributed by atoms with Crippen molar-refractivity contribution >= 4 is 24.8 Å². The number of likely N-dealkylation sites (tertiary alicyclic amines) is 1. The van der Waals surface area contributed by atoms with Crippen molar-refractivity contribution in [1.82, 2.24) is 4.90 Å². The lowest BCUT2D eigenvalue weighted by Crippen LogP contribution is -2.37. The van der Waals surface area contributed by atoms with Crippen molar-refractivity contribution in [3.63, 3.8) is 0 Å². The van der Waals surface area contributed by atoms with E-state index in [0.717, 1.165) is 24.6 Å². The van der Waals surface area contributed by atoms with Gasteiger partial charge in [0.25, 0.3) is 0 Å². The van der Waals surface area contributed by atoms with Gasteiger partial charge >= 0.3 is 0 Å². The van der Waals surface area contributed by atoms with Gasteiger partial charge < -0.3 is 15.2 Å².